The molecule has 0 bridgehead atoms. The number of carbonyl (C=O) groups is 1. The van der Waals surface area contributed by atoms with Crippen molar-refractivity contribution in [3.05, 3.63) is 68.7 Å². The summed E-state index contributed by atoms with van der Waals surface area (Å²) in [6.07, 6.45) is 3.47. The third kappa shape index (κ3) is 5.25. The second-order valence-corrected chi connectivity index (χ2v) is 7.43. The lowest BCUT2D eigenvalue weighted by Gasteiger charge is -2.35. The first-order valence-electron chi connectivity index (χ1n) is 9.59. The van der Waals surface area contributed by atoms with Crippen molar-refractivity contribution in [1.29, 1.82) is 0 Å². The monoisotopic (exact) mass is 417 g/mol. The number of methoxy groups -OCH3 is 1. The molecule has 2 aromatic rings. The van der Waals surface area contributed by atoms with Crippen molar-refractivity contribution in [2.45, 2.75) is 25.3 Å². The van der Waals surface area contributed by atoms with Crippen LogP contribution in [0.4, 0.5) is 5.69 Å². The van der Waals surface area contributed by atoms with Crippen LogP contribution in [0.1, 0.15) is 41.2 Å². The first-order chi connectivity index (χ1) is 14.0. The molecule has 1 saturated heterocycles. The predicted octanol–water partition coefficient (Wildman–Crippen LogP) is 4.21. The summed E-state index contributed by atoms with van der Waals surface area (Å²) in [6.45, 7) is 2.35. The van der Waals surface area contributed by atoms with Gasteiger partial charge in [0.1, 0.15) is 10.8 Å². The Bertz CT molecular complexity index is 867. The lowest BCUT2D eigenvalue weighted by Crippen LogP contribution is -2.40. The molecule has 1 aliphatic heterocycles. The highest BCUT2D eigenvalue weighted by atomic mass is 35.5. The fourth-order valence-electron chi connectivity index (χ4n) is 3.60. The molecule has 2 aromatic carbocycles. The quantitative estimate of drug-likeness (QED) is 0.538. The second kappa shape index (κ2) is 9.71. The number of nitrogens with zero attached hydrogens (tertiary/aromatic N) is 2. The molecule has 1 atom stereocenters. The molecule has 8 heteroatoms. The highest BCUT2D eigenvalue weighted by molar-refractivity contribution is 6.32. The van der Waals surface area contributed by atoms with E-state index in [1.54, 1.807) is 7.11 Å². The maximum absolute atomic E-state index is 12.6. The van der Waals surface area contributed by atoms with Crippen molar-refractivity contribution >= 4 is 23.2 Å². The van der Waals surface area contributed by atoms with Gasteiger partial charge in [-0.3, -0.25) is 19.8 Å². The summed E-state index contributed by atoms with van der Waals surface area (Å²) >= 11 is 5.84. The Morgan fingerprint density at radius 3 is 2.52 bits per heavy atom. The fraction of sp³-hybridized carbons (Fsp3) is 0.381. The molecular formula is C21H24ClN3O4. The SMILES string of the molecule is COc1ccc([C@@H](CNC(=O)c2ccc(Cl)c([N+](=O)[O-])c2)N2CCCCC2)cc1. The molecule has 0 aromatic heterocycles. The molecule has 0 radical (unpaired) electrons. The van der Waals surface area contributed by atoms with E-state index in [9.17, 15) is 14.9 Å². The molecule has 1 amide bonds. The van der Waals surface area contributed by atoms with Crippen LogP contribution in [0.15, 0.2) is 42.5 Å². The molecular weight excluding hydrogens is 394 g/mol. The summed E-state index contributed by atoms with van der Waals surface area (Å²) in [7, 11) is 1.63. The molecule has 0 unspecified atom stereocenters. The molecule has 0 aliphatic carbocycles. The van der Waals surface area contributed by atoms with E-state index in [1.165, 1.54) is 24.6 Å². The molecule has 29 heavy (non-hydrogen) atoms. The largest absolute Gasteiger partial charge is 0.497 e. The van der Waals surface area contributed by atoms with E-state index in [0.29, 0.717) is 6.54 Å². The topological polar surface area (TPSA) is 84.7 Å². The van der Waals surface area contributed by atoms with Crippen molar-refractivity contribution in [3.63, 3.8) is 0 Å². The summed E-state index contributed by atoms with van der Waals surface area (Å²) in [4.78, 5) is 25.5. The molecule has 0 saturated carbocycles. The predicted molar refractivity (Wildman–Crippen MR) is 112 cm³/mol. The molecule has 154 valence electrons. The Kier molecular flexibility index (Phi) is 7.06. The smallest absolute Gasteiger partial charge is 0.288 e. The van der Waals surface area contributed by atoms with Gasteiger partial charge in [-0.05, 0) is 55.8 Å². The number of benzene rings is 2. The number of carbonyl (C=O) groups excluding carboxylic acids is 1. The summed E-state index contributed by atoms with van der Waals surface area (Å²) in [5, 5.41) is 14.0. The zero-order valence-electron chi connectivity index (χ0n) is 16.3. The molecule has 1 N–H and O–H groups in total. The first-order valence-corrected chi connectivity index (χ1v) is 9.97. The van der Waals surface area contributed by atoms with E-state index in [1.807, 2.05) is 24.3 Å². The number of ether oxygens (including phenoxy) is 1. The number of nitro groups is 1. The Labute approximate surface area is 174 Å². The molecule has 1 aliphatic rings. The van der Waals surface area contributed by atoms with Crippen LogP contribution >= 0.6 is 11.6 Å². The van der Waals surface area contributed by atoms with Gasteiger partial charge in [-0.15, -0.1) is 0 Å². The molecule has 1 heterocycles. The van der Waals surface area contributed by atoms with E-state index in [-0.39, 0.29) is 28.2 Å². The maximum atomic E-state index is 12.6. The molecule has 7 nitrogen and oxygen atoms in total. The van der Waals surface area contributed by atoms with Gasteiger partial charge >= 0.3 is 0 Å². The van der Waals surface area contributed by atoms with Gasteiger partial charge in [-0.1, -0.05) is 30.2 Å². The summed E-state index contributed by atoms with van der Waals surface area (Å²) < 4.78 is 5.24. The van der Waals surface area contributed by atoms with Crippen LogP contribution in [-0.2, 0) is 0 Å². The Morgan fingerprint density at radius 2 is 1.90 bits per heavy atom. The minimum Gasteiger partial charge on any atom is -0.497 e. The van der Waals surface area contributed by atoms with Gasteiger partial charge < -0.3 is 10.1 Å². The first kappa shape index (κ1) is 21.1. The Morgan fingerprint density at radius 1 is 1.21 bits per heavy atom. The normalized spacial score (nSPS) is 15.5. The van der Waals surface area contributed by atoms with Crippen molar-refractivity contribution in [2.75, 3.05) is 26.7 Å². The van der Waals surface area contributed by atoms with E-state index >= 15 is 0 Å². The average Bonchev–Trinajstić information content (AvgIpc) is 2.75. The number of piperidine rings is 1. The van der Waals surface area contributed by atoms with Crippen LogP contribution in [0.3, 0.4) is 0 Å². The summed E-state index contributed by atoms with van der Waals surface area (Å²) in [5.41, 5.74) is 1.03. The summed E-state index contributed by atoms with van der Waals surface area (Å²) in [6, 6.07) is 11.9. The van der Waals surface area contributed by atoms with Gasteiger partial charge in [0.2, 0.25) is 0 Å². The lowest BCUT2D eigenvalue weighted by molar-refractivity contribution is -0.384. The van der Waals surface area contributed by atoms with Crippen LogP contribution in [0.5, 0.6) is 5.75 Å². The van der Waals surface area contributed by atoms with Crippen molar-refractivity contribution < 1.29 is 14.5 Å². The third-order valence-corrected chi connectivity index (χ3v) is 5.51. The number of amides is 1. The van der Waals surface area contributed by atoms with Gasteiger partial charge in [0.05, 0.1) is 18.1 Å². The van der Waals surface area contributed by atoms with Crippen LogP contribution < -0.4 is 10.1 Å². The number of nitro benzene ring substituents is 1. The van der Waals surface area contributed by atoms with Crippen LogP contribution in [-0.4, -0.2) is 42.5 Å². The van der Waals surface area contributed by atoms with Gasteiger partial charge in [0, 0.05) is 18.2 Å². The van der Waals surface area contributed by atoms with Gasteiger partial charge in [0.15, 0.2) is 0 Å². The van der Waals surface area contributed by atoms with E-state index in [0.717, 1.165) is 37.2 Å². The van der Waals surface area contributed by atoms with Gasteiger partial charge in [0.25, 0.3) is 11.6 Å². The number of rotatable bonds is 7. The molecule has 1 fully saturated rings. The van der Waals surface area contributed by atoms with Crippen LogP contribution in [0.25, 0.3) is 0 Å². The fourth-order valence-corrected chi connectivity index (χ4v) is 3.79. The van der Waals surface area contributed by atoms with E-state index in [2.05, 4.69) is 10.2 Å². The third-order valence-electron chi connectivity index (χ3n) is 5.19. The maximum Gasteiger partial charge on any atom is 0.288 e. The number of halogens is 1. The number of hydrogen-bond donors (Lipinski definition) is 1. The zero-order valence-corrected chi connectivity index (χ0v) is 17.0. The Balaban J connectivity index is 1.76. The second-order valence-electron chi connectivity index (χ2n) is 7.02. The molecule has 3 rings (SSSR count). The van der Waals surface area contributed by atoms with Gasteiger partial charge in [-0.2, -0.15) is 0 Å². The standard InChI is InChI=1S/C21H24ClN3O4/c1-29-17-8-5-15(6-9-17)20(24-11-3-2-4-12-24)14-23-21(26)16-7-10-18(22)19(13-16)25(27)28/h5-10,13,20H,2-4,11-12,14H2,1H3,(H,23,26)/t20-/m1/s1. The van der Waals surface area contributed by atoms with E-state index < -0.39 is 4.92 Å². The number of nitrogens with one attached hydrogen (secondary N) is 1. The highest BCUT2D eigenvalue weighted by Crippen LogP contribution is 2.27. The van der Waals surface area contributed by atoms with Crippen LogP contribution in [0, 0.1) is 10.1 Å². The molecule has 0 spiro atoms. The number of hydrogen-bond acceptors (Lipinski definition) is 5. The highest BCUT2D eigenvalue weighted by Gasteiger charge is 2.24. The van der Waals surface area contributed by atoms with Crippen molar-refractivity contribution in [3.8, 4) is 5.75 Å². The van der Waals surface area contributed by atoms with Crippen molar-refractivity contribution in [1.82, 2.24) is 10.2 Å². The van der Waals surface area contributed by atoms with Gasteiger partial charge in [-0.25, -0.2) is 0 Å². The Hall–Kier alpha value is -2.64. The number of likely N-dealkylation sites (tertiary alicyclic amines) is 1. The minimum atomic E-state index is -0.590. The van der Waals surface area contributed by atoms with Crippen molar-refractivity contribution in [2.24, 2.45) is 0 Å². The lowest BCUT2D eigenvalue weighted by atomic mass is 10.0. The summed E-state index contributed by atoms with van der Waals surface area (Å²) in [5.74, 6) is 0.420. The zero-order chi connectivity index (χ0) is 20.8. The van der Waals surface area contributed by atoms with Crippen LogP contribution in [0.2, 0.25) is 5.02 Å². The average molecular weight is 418 g/mol. The minimum absolute atomic E-state index is 0.0102. The van der Waals surface area contributed by atoms with E-state index in [4.69, 9.17) is 16.3 Å².